The van der Waals surface area contributed by atoms with Crippen molar-refractivity contribution in [2.24, 2.45) is 5.92 Å². The molecule has 2 aromatic rings. The number of hydrogen-bond donors (Lipinski definition) is 1. The molecule has 5 rings (SSSR count). The van der Waals surface area contributed by atoms with Crippen molar-refractivity contribution in [3.63, 3.8) is 0 Å². The predicted octanol–water partition coefficient (Wildman–Crippen LogP) is 1.96. The first-order chi connectivity index (χ1) is 15.1. The van der Waals surface area contributed by atoms with Gasteiger partial charge in [0.15, 0.2) is 5.16 Å². The number of nitrogens with zero attached hydrogens (tertiary/aromatic N) is 5. The van der Waals surface area contributed by atoms with E-state index in [2.05, 4.69) is 19.9 Å². The number of aromatic amines is 1. The van der Waals surface area contributed by atoms with Gasteiger partial charge in [-0.05, 0) is 45.0 Å². The van der Waals surface area contributed by atoms with E-state index in [0.29, 0.717) is 25.1 Å². The minimum atomic E-state index is -0.0678. The average molecular weight is 441 g/mol. The lowest BCUT2D eigenvalue weighted by molar-refractivity contribution is -0.133. The molecule has 1 N–H and O–H groups in total. The minimum absolute atomic E-state index is 0.0678. The van der Waals surface area contributed by atoms with Gasteiger partial charge in [0.05, 0.1) is 17.8 Å². The Morgan fingerprint density at radius 1 is 1.16 bits per heavy atom. The summed E-state index contributed by atoms with van der Waals surface area (Å²) >= 11 is 1.55. The molecule has 3 aliphatic rings. The van der Waals surface area contributed by atoms with Gasteiger partial charge in [-0.15, -0.1) is 0 Å². The summed E-state index contributed by atoms with van der Waals surface area (Å²) < 4.78 is 0. The molecule has 0 spiro atoms. The zero-order valence-electron chi connectivity index (χ0n) is 17.8. The summed E-state index contributed by atoms with van der Waals surface area (Å²) in [6.07, 6.45) is 10.4. The molecule has 0 aromatic carbocycles. The Morgan fingerprint density at radius 2 is 1.90 bits per heavy atom. The van der Waals surface area contributed by atoms with Crippen molar-refractivity contribution in [2.75, 3.05) is 25.9 Å². The monoisotopic (exact) mass is 440 g/mol. The Morgan fingerprint density at radius 3 is 2.58 bits per heavy atom. The maximum atomic E-state index is 12.8. The average Bonchev–Trinajstić information content (AvgIpc) is 3.65. The van der Waals surface area contributed by atoms with Gasteiger partial charge in [0.2, 0.25) is 5.91 Å². The van der Waals surface area contributed by atoms with Crippen LogP contribution in [0, 0.1) is 5.92 Å². The number of piperidine rings is 1. The third-order valence-corrected chi connectivity index (χ3v) is 7.15. The van der Waals surface area contributed by atoms with Crippen LogP contribution in [0.2, 0.25) is 0 Å². The molecule has 9 heteroatoms. The Balaban J connectivity index is 1.21. The summed E-state index contributed by atoms with van der Waals surface area (Å²) in [5, 5.41) is 0.796. The zero-order chi connectivity index (χ0) is 21.4. The molecule has 1 saturated carbocycles. The minimum Gasteiger partial charge on any atom is -0.337 e. The van der Waals surface area contributed by atoms with E-state index in [9.17, 15) is 9.59 Å². The number of amides is 1. The summed E-state index contributed by atoms with van der Waals surface area (Å²) in [7, 11) is 0. The molecule has 2 fully saturated rings. The number of hydrogen-bond acceptors (Lipinski definition) is 7. The maximum absolute atomic E-state index is 12.8. The molecule has 1 saturated heterocycles. The Kier molecular flexibility index (Phi) is 5.79. The molecule has 8 nitrogen and oxygen atoms in total. The van der Waals surface area contributed by atoms with Gasteiger partial charge in [0, 0.05) is 49.3 Å². The summed E-state index contributed by atoms with van der Waals surface area (Å²) in [5.41, 5.74) is 2.62. The molecule has 4 heterocycles. The molecule has 2 aliphatic heterocycles. The fourth-order valence-corrected chi connectivity index (χ4v) is 4.88. The number of aromatic nitrogens is 4. The molecule has 1 amide bonds. The van der Waals surface area contributed by atoms with Crippen molar-refractivity contribution in [3.8, 4) is 0 Å². The molecule has 0 bridgehead atoms. The number of likely N-dealkylation sites (tertiary alicyclic amines) is 1. The standard InChI is InChI=1S/C22H28N6O2S/c1-31-22-23-10-14(11-24-22)12-27-7-4-15(5-8-27)19-25-18-6-9-28(21(30)16-2-3-16)13-17(18)20(29)26-19/h10-11,15-16H,2-9,12-13H2,1H3,(H,25,26,29). The molecular weight excluding hydrogens is 412 g/mol. The summed E-state index contributed by atoms with van der Waals surface area (Å²) in [4.78, 5) is 46.0. The molecule has 2 aromatic heterocycles. The van der Waals surface area contributed by atoms with Crippen LogP contribution in [0.5, 0.6) is 0 Å². The lowest BCUT2D eigenvalue weighted by Gasteiger charge is -2.32. The maximum Gasteiger partial charge on any atom is 0.256 e. The van der Waals surface area contributed by atoms with Crippen LogP contribution >= 0.6 is 11.8 Å². The molecule has 1 aliphatic carbocycles. The number of carbonyl (C=O) groups excluding carboxylic acids is 1. The van der Waals surface area contributed by atoms with Crippen LogP contribution in [0.3, 0.4) is 0 Å². The third kappa shape index (κ3) is 4.52. The fourth-order valence-electron chi connectivity index (χ4n) is 4.57. The highest BCUT2D eigenvalue weighted by Crippen LogP contribution is 2.32. The number of carbonyl (C=O) groups is 1. The Hall–Kier alpha value is -2.26. The van der Waals surface area contributed by atoms with Crippen LogP contribution in [0.25, 0.3) is 0 Å². The zero-order valence-corrected chi connectivity index (χ0v) is 18.7. The van der Waals surface area contributed by atoms with Crippen molar-refractivity contribution < 1.29 is 4.79 Å². The van der Waals surface area contributed by atoms with Crippen molar-refractivity contribution in [2.45, 2.75) is 56.3 Å². The van der Waals surface area contributed by atoms with E-state index in [1.807, 2.05) is 23.5 Å². The SMILES string of the molecule is CSc1ncc(CN2CCC(c3nc4c(c(=O)[nH]3)CN(C(=O)C3CC3)CC4)CC2)cn1. The van der Waals surface area contributed by atoms with Crippen LogP contribution < -0.4 is 5.56 Å². The lowest BCUT2D eigenvalue weighted by Crippen LogP contribution is -2.41. The van der Waals surface area contributed by atoms with Gasteiger partial charge in [-0.1, -0.05) is 11.8 Å². The van der Waals surface area contributed by atoms with Crippen molar-refractivity contribution >= 4 is 17.7 Å². The van der Waals surface area contributed by atoms with E-state index in [4.69, 9.17) is 4.98 Å². The number of nitrogens with one attached hydrogen (secondary N) is 1. The smallest absolute Gasteiger partial charge is 0.256 e. The summed E-state index contributed by atoms with van der Waals surface area (Å²) in [5.74, 6) is 1.48. The van der Waals surface area contributed by atoms with Crippen LogP contribution in [0.4, 0.5) is 0 Å². The van der Waals surface area contributed by atoms with E-state index in [0.717, 1.165) is 67.6 Å². The molecular formula is C22H28N6O2S. The predicted molar refractivity (Wildman–Crippen MR) is 118 cm³/mol. The van der Waals surface area contributed by atoms with Crippen molar-refractivity contribution in [1.29, 1.82) is 0 Å². The topological polar surface area (TPSA) is 95.1 Å². The van der Waals surface area contributed by atoms with E-state index in [1.165, 1.54) is 0 Å². The fraction of sp³-hybridized carbons (Fsp3) is 0.591. The van der Waals surface area contributed by atoms with E-state index >= 15 is 0 Å². The second-order valence-corrected chi connectivity index (χ2v) is 9.56. The first-order valence-corrected chi connectivity index (χ1v) is 12.3. The first kappa shape index (κ1) is 20.6. The number of rotatable bonds is 5. The largest absolute Gasteiger partial charge is 0.337 e. The molecule has 0 unspecified atom stereocenters. The molecule has 0 atom stereocenters. The summed E-state index contributed by atoms with van der Waals surface area (Å²) in [6.45, 7) is 3.84. The van der Waals surface area contributed by atoms with Crippen LogP contribution in [0.1, 0.15) is 54.2 Å². The Bertz CT molecular complexity index is 1010. The number of thioether (sulfide) groups is 1. The normalized spacial score (nSPS) is 20.0. The van der Waals surface area contributed by atoms with Gasteiger partial charge < -0.3 is 9.88 Å². The van der Waals surface area contributed by atoms with Gasteiger partial charge in [0.25, 0.3) is 5.56 Å². The van der Waals surface area contributed by atoms with E-state index in [1.54, 1.807) is 11.8 Å². The highest BCUT2D eigenvalue weighted by molar-refractivity contribution is 7.98. The van der Waals surface area contributed by atoms with E-state index in [-0.39, 0.29) is 23.3 Å². The highest BCUT2D eigenvalue weighted by atomic mass is 32.2. The summed E-state index contributed by atoms with van der Waals surface area (Å²) in [6, 6.07) is 0. The quantitative estimate of drug-likeness (QED) is 0.561. The second kappa shape index (κ2) is 8.70. The highest BCUT2D eigenvalue weighted by Gasteiger charge is 2.35. The van der Waals surface area contributed by atoms with Gasteiger partial charge in [-0.25, -0.2) is 15.0 Å². The van der Waals surface area contributed by atoms with Crippen molar-refractivity contribution in [1.82, 2.24) is 29.7 Å². The molecule has 0 radical (unpaired) electrons. The first-order valence-electron chi connectivity index (χ1n) is 11.1. The molecule has 31 heavy (non-hydrogen) atoms. The molecule has 164 valence electrons. The van der Waals surface area contributed by atoms with Gasteiger partial charge in [-0.3, -0.25) is 14.5 Å². The second-order valence-electron chi connectivity index (χ2n) is 8.79. The van der Waals surface area contributed by atoms with E-state index < -0.39 is 0 Å². The van der Waals surface area contributed by atoms with Crippen LogP contribution in [-0.4, -0.2) is 61.5 Å². The van der Waals surface area contributed by atoms with Crippen LogP contribution in [0.15, 0.2) is 22.3 Å². The van der Waals surface area contributed by atoms with Crippen LogP contribution in [-0.2, 0) is 24.3 Å². The van der Waals surface area contributed by atoms with Gasteiger partial charge in [0.1, 0.15) is 5.82 Å². The lowest BCUT2D eigenvalue weighted by atomic mass is 9.95. The van der Waals surface area contributed by atoms with Crippen molar-refractivity contribution in [3.05, 3.63) is 45.4 Å². The third-order valence-electron chi connectivity index (χ3n) is 6.57. The van der Waals surface area contributed by atoms with Gasteiger partial charge >= 0.3 is 0 Å². The number of fused-ring (bicyclic) bond motifs is 1. The number of H-pyrrole nitrogens is 1. The Labute approximate surface area is 185 Å². The van der Waals surface area contributed by atoms with Gasteiger partial charge in [-0.2, -0.15) is 0 Å².